The second-order valence-corrected chi connectivity index (χ2v) is 5.64. The van der Waals surface area contributed by atoms with Gasteiger partial charge in [0.05, 0.1) is 14.2 Å². The van der Waals surface area contributed by atoms with Gasteiger partial charge < -0.3 is 19.5 Å². The van der Waals surface area contributed by atoms with Gasteiger partial charge in [0, 0.05) is 23.9 Å². The maximum atomic E-state index is 12.1. The van der Waals surface area contributed by atoms with Gasteiger partial charge in [0.15, 0.2) is 6.61 Å². The van der Waals surface area contributed by atoms with Crippen LogP contribution >= 0.6 is 0 Å². The molecule has 0 atom stereocenters. The third kappa shape index (κ3) is 4.41. The van der Waals surface area contributed by atoms with E-state index in [1.165, 1.54) is 0 Å². The molecule has 24 heavy (non-hydrogen) atoms. The van der Waals surface area contributed by atoms with Crippen LogP contribution in [0.15, 0.2) is 30.3 Å². The van der Waals surface area contributed by atoms with Crippen LogP contribution in [0.2, 0.25) is 0 Å². The van der Waals surface area contributed by atoms with Crippen molar-refractivity contribution < 1.29 is 19.0 Å². The molecular weight excluding hydrogens is 306 g/mol. The first-order valence-electron chi connectivity index (χ1n) is 7.66. The van der Waals surface area contributed by atoms with Gasteiger partial charge in [-0.15, -0.1) is 0 Å². The van der Waals surface area contributed by atoms with Crippen LogP contribution in [0.4, 0.5) is 5.69 Å². The standard InChI is InChI=1S/C19H23NO4/c1-12-6-13(2)14(3)18(7-12)24-11-19(21)20-15-8-16(22-4)10-17(9-15)23-5/h6-10H,11H2,1-5H3,(H,20,21). The molecule has 2 aromatic carbocycles. The number of benzene rings is 2. The van der Waals surface area contributed by atoms with E-state index in [4.69, 9.17) is 14.2 Å². The van der Waals surface area contributed by atoms with Gasteiger partial charge in [-0.3, -0.25) is 4.79 Å². The molecule has 0 saturated carbocycles. The Morgan fingerprint density at radius 1 is 0.958 bits per heavy atom. The highest BCUT2D eigenvalue weighted by molar-refractivity contribution is 5.92. The van der Waals surface area contributed by atoms with Gasteiger partial charge in [0.2, 0.25) is 0 Å². The third-order valence-corrected chi connectivity index (χ3v) is 3.76. The molecule has 0 unspecified atom stereocenters. The van der Waals surface area contributed by atoms with Gasteiger partial charge in [-0.05, 0) is 43.5 Å². The van der Waals surface area contributed by atoms with E-state index in [0.29, 0.717) is 17.2 Å². The highest BCUT2D eigenvalue weighted by Crippen LogP contribution is 2.26. The van der Waals surface area contributed by atoms with Crippen LogP contribution in [0.1, 0.15) is 16.7 Å². The Morgan fingerprint density at radius 2 is 1.58 bits per heavy atom. The largest absolute Gasteiger partial charge is 0.497 e. The highest BCUT2D eigenvalue weighted by Gasteiger charge is 2.09. The molecule has 1 amide bonds. The van der Waals surface area contributed by atoms with Crippen LogP contribution < -0.4 is 19.5 Å². The van der Waals surface area contributed by atoms with E-state index in [1.54, 1.807) is 32.4 Å². The van der Waals surface area contributed by atoms with Gasteiger partial charge in [0.1, 0.15) is 17.2 Å². The lowest BCUT2D eigenvalue weighted by Crippen LogP contribution is -2.20. The Kier molecular flexibility index (Phi) is 5.68. The molecule has 0 heterocycles. The molecule has 0 fully saturated rings. The molecule has 0 aliphatic heterocycles. The van der Waals surface area contributed by atoms with Gasteiger partial charge in [-0.25, -0.2) is 0 Å². The summed E-state index contributed by atoms with van der Waals surface area (Å²) in [7, 11) is 3.12. The second kappa shape index (κ2) is 7.73. The van der Waals surface area contributed by atoms with Gasteiger partial charge in [-0.1, -0.05) is 6.07 Å². The lowest BCUT2D eigenvalue weighted by molar-refractivity contribution is -0.118. The number of carbonyl (C=O) groups excluding carboxylic acids is 1. The topological polar surface area (TPSA) is 56.8 Å². The lowest BCUT2D eigenvalue weighted by atomic mass is 10.1. The zero-order chi connectivity index (χ0) is 17.7. The molecule has 0 aromatic heterocycles. The van der Waals surface area contributed by atoms with Crippen molar-refractivity contribution in [3.63, 3.8) is 0 Å². The van der Waals surface area contributed by atoms with Crippen LogP contribution in [0.25, 0.3) is 0 Å². The van der Waals surface area contributed by atoms with Crippen molar-refractivity contribution in [3.05, 3.63) is 47.0 Å². The minimum Gasteiger partial charge on any atom is -0.497 e. The Labute approximate surface area is 142 Å². The molecule has 1 N–H and O–H groups in total. The number of methoxy groups -OCH3 is 2. The van der Waals surface area contributed by atoms with Crippen LogP contribution in [0.5, 0.6) is 17.2 Å². The predicted octanol–water partition coefficient (Wildman–Crippen LogP) is 3.65. The summed E-state index contributed by atoms with van der Waals surface area (Å²) in [6.07, 6.45) is 0. The first-order valence-corrected chi connectivity index (χ1v) is 7.66. The Morgan fingerprint density at radius 3 is 2.17 bits per heavy atom. The van der Waals surface area contributed by atoms with Gasteiger partial charge in [0.25, 0.3) is 5.91 Å². The SMILES string of the molecule is COc1cc(NC(=O)COc2cc(C)cc(C)c2C)cc(OC)c1. The molecule has 2 rings (SSSR count). The van der Waals surface area contributed by atoms with Crippen LogP contribution in [0, 0.1) is 20.8 Å². The fraction of sp³-hybridized carbons (Fsp3) is 0.316. The highest BCUT2D eigenvalue weighted by atomic mass is 16.5. The average molecular weight is 329 g/mol. The average Bonchev–Trinajstić information content (AvgIpc) is 2.56. The number of carbonyl (C=O) groups is 1. The fourth-order valence-electron chi connectivity index (χ4n) is 2.37. The molecule has 0 aliphatic carbocycles. The maximum absolute atomic E-state index is 12.1. The van der Waals surface area contributed by atoms with Crippen molar-refractivity contribution >= 4 is 11.6 Å². The van der Waals surface area contributed by atoms with Crippen molar-refractivity contribution in [1.82, 2.24) is 0 Å². The van der Waals surface area contributed by atoms with E-state index in [2.05, 4.69) is 11.4 Å². The Bertz CT molecular complexity index is 718. The molecular formula is C19H23NO4. The summed E-state index contributed by atoms with van der Waals surface area (Å²) >= 11 is 0. The number of amides is 1. The number of hydrogen-bond donors (Lipinski definition) is 1. The van der Waals surface area contributed by atoms with Crippen molar-refractivity contribution in [2.75, 3.05) is 26.1 Å². The quantitative estimate of drug-likeness (QED) is 0.879. The number of rotatable bonds is 6. The summed E-state index contributed by atoms with van der Waals surface area (Å²) in [5.41, 5.74) is 3.88. The predicted molar refractivity (Wildman–Crippen MR) is 94.3 cm³/mol. The number of aryl methyl sites for hydroxylation is 2. The Hall–Kier alpha value is -2.69. The second-order valence-electron chi connectivity index (χ2n) is 5.64. The first-order chi connectivity index (χ1) is 11.4. The molecule has 0 aliphatic rings. The van der Waals surface area contributed by atoms with E-state index >= 15 is 0 Å². The van der Waals surface area contributed by atoms with E-state index in [9.17, 15) is 4.79 Å². The summed E-state index contributed by atoms with van der Waals surface area (Å²) in [5, 5.41) is 2.79. The monoisotopic (exact) mass is 329 g/mol. The number of ether oxygens (including phenoxy) is 3. The minimum atomic E-state index is -0.246. The van der Waals surface area contributed by atoms with Crippen LogP contribution in [-0.2, 0) is 4.79 Å². The summed E-state index contributed by atoms with van der Waals surface area (Å²) in [4.78, 5) is 12.1. The first kappa shape index (κ1) is 17.7. The minimum absolute atomic E-state index is 0.0662. The van der Waals surface area contributed by atoms with E-state index in [1.807, 2.05) is 26.8 Å². The molecule has 0 spiro atoms. The van der Waals surface area contributed by atoms with Crippen molar-refractivity contribution in [3.8, 4) is 17.2 Å². The lowest BCUT2D eigenvalue weighted by Gasteiger charge is -2.13. The molecule has 2 aromatic rings. The fourth-order valence-corrected chi connectivity index (χ4v) is 2.37. The van der Waals surface area contributed by atoms with Crippen LogP contribution in [-0.4, -0.2) is 26.7 Å². The zero-order valence-corrected chi connectivity index (χ0v) is 14.7. The summed E-state index contributed by atoms with van der Waals surface area (Å²) in [6.45, 7) is 5.94. The normalized spacial score (nSPS) is 10.2. The molecule has 128 valence electrons. The maximum Gasteiger partial charge on any atom is 0.262 e. The van der Waals surface area contributed by atoms with Crippen molar-refractivity contribution in [2.45, 2.75) is 20.8 Å². The molecule has 5 heteroatoms. The van der Waals surface area contributed by atoms with Crippen LogP contribution in [0.3, 0.4) is 0 Å². The summed E-state index contributed by atoms with van der Waals surface area (Å²) in [6, 6.07) is 9.21. The van der Waals surface area contributed by atoms with Crippen molar-refractivity contribution in [2.24, 2.45) is 0 Å². The Balaban J connectivity index is 2.04. The molecule has 0 radical (unpaired) electrons. The summed E-state index contributed by atoms with van der Waals surface area (Å²) in [5.74, 6) is 1.70. The van der Waals surface area contributed by atoms with E-state index in [0.717, 1.165) is 22.4 Å². The number of nitrogens with one attached hydrogen (secondary N) is 1. The van der Waals surface area contributed by atoms with Crippen molar-refractivity contribution in [1.29, 1.82) is 0 Å². The zero-order valence-electron chi connectivity index (χ0n) is 14.7. The van der Waals surface area contributed by atoms with E-state index < -0.39 is 0 Å². The molecule has 5 nitrogen and oxygen atoms in total. The number of hydrogen-bond acceptors (Lipinski definition) is 4. The smallest absolute Gasteiger partial charge is 0.262 e. The van der Waals surface area contributed by atoms with E-state index in [-0.39, 0.29) is 12.5 Å². The third-order valence-electron chi connectivity index (χ3n) is 3.76. The summed E-state index contributed by atoms with van der Waals surface area (Å²) < 4.78 is 16.0. The van der Waals surface area contributed by atoms with Gasteiger partial charge >= 0.3 is 0 Å². The molecule has 0 saturated heterocycles. The van der Waals surface area contributed by atoms with Gasteiger partial charge in [-0.2, -0.15) is 0 Å². The number of anilines is 1. The molecule has 0 bridgehead atoms.